The van der Waals surface area contributed by atoms with E-state index in [2.05, 4.69) is 19.0 Å². The maximum Gasteiger partial charge on any atom is 0.227 e. The van der Waals surface area contributed by atoms with Gasteiger partial charge in [0, 0.05) is 31.2 Å². The van der Waals surface area contributed by atoms with E-state index in [1.54, 1.807) is 24.3 Å². The summed E-state index contributed by atoms with van der Waals surface area (Å²) < 4.78 is 29.5. The Morgan fingerprint density at radius 3 is 2.63 bits per heavy atom. The molecule has 4 atom stereocenters. The zero-order valence-corrected chi connectivity index (χ0v) is 17.0. The lowest BCUT2D eigenvalue weighted by atomic mass is 9.73. The fourth-order valence-corrected chi connectivity index (χ4v) is 5.82. The molecule has 0 N–H and O–H groups in total. The van der Waals surface area contributed by atoms with Crippen molar-refractivity contribution in [2.75, 3.05) is 40.0 Å². The summed E-state index contributed by atoms with van der Waals surface area (Å²) in [6.07, 6.45) is 3.99. The molecule has 0 radical (unpaired) electrons. The lowest BCUT2D eigenvalue weighted by Crippen LogP contribution is -2.40. The van der Waals surface area contributed by atoms with E-state index in [1.165, 1.54) is 6.26 Å². The van der Waals surface area contributed by atoms with E-state index in [1.807, 2.05) is 4.90 Å². The van der Waals surface area contributed by atoms with Crippen molar-refractivity contribution < 1.29 is 17.9 Å². The number of hydrogen-bond acceptors (Lipinski definition) is 5. The first kappa shape index (κ1) is 18.9. The van der Waals surface area contributed by atoms with Crippen LogP contribution in [0, 0.1) is 11.8 Å². The summed E-state index contributed by atoms with van der Waals surface area (Å²) >= 11 is 0. The first-order chi connectivity index (χ1) is 12.7. The molecule has 3 fully saturated rings. The van der Waals surface area contributed by atoms with Gasteiger partial charge in [0.25, 0.3) is 0 Å². The largest absolute Gasteiger partial charge is 0.369 e. The first-order valence-electron chi connectivity index (χ1n) is 9.57. The molecule has 1 amide bonds. The van der Waals surface area contributed by atoms with Crippen LogP contribution in [0.1, 0.15) is 18.4 Å². The molecule has 148 valence electrons. The third kappa shape index (κ3) is 3.41. The highest BCUT2D eigenvalue weighted by atomic mass is 32.2. The normalized spacial score (nSPS) is 32.3. The fraction of sp³-hybridized carbons (Fsp3) is 0.650. The number of sulfone groups is 1. The van der Waals surface area contributed by atoms with Crippen LogP contribution in [-0.2, 0) is 25.8 Å². The predicted molar refractivity (Wildman–Crippen MR) is 102 cm³/mol. The van der Waals surface area contributed by atoms with Crippen LogP contribution < -0.4 is 0 Å². The van der Waals surface area contributed by atoms with Gasteiger partial charge in [-0.25, -0.2) is 8.42 Å². The Morgan fingerprint density at radius 2 is 2.00 bits per heavy atom. The number of hydrogen-bond donors (Lipinski definition) is 0. The fourth-order valence-electron chi connectivity index (χ4n) is 5.19. The number of rotatable bonds is 5. The number of amides is 1. The van der Waals surface area contributed by atoms with Gasteiger partial charge in [-0.05, 0) is 44.6 Å². The third-order valence-corrected chi connectivity index (χ3v) is 7.55. The van der Waals surface area contributed by atoms with E-state index in [0.717, 1.165) is 31.5 Å². The Balaban J connectivity index is 1.44. The van der Waals surface area contributed by atoms with E-state index in [-0.39, 0.29) is 16.4 Å². The molecule has 0 aromatic heterocycles. The molecule has 3 aliphatic rings. The number of ether oxygens (including phenoxy) is 1. The summed E-state index contributed by atoms with van der Waals surface area (Å²) in [6, 6.07) is 6.63. The molecule has 3 saturated heterocycles. The molecule has 0 unspecified atom stereocenters. The van der Waals surface area contributed by atoms with Gasteiger partial charge in [-0.1, -0.05) is 12.1 Å². The minimum Gasteiger partial charge on any atom is -0.369 e. The maximum absolute atomic E-state index is 12.9. The molecule has 1 aromatic carbocycles. The Hall–Kier alpha value is -1.44. The van der Waals surface area contributed by atoms with Crippen LogP contribution in [0.25, 0.3) is 0 Å². The second-order valence-electron chi connectivity index (χ2n) is 8.66. The molecule has 3 heterocycles. The third-order valence-electron chi connectivity index (χ3n) is 6.42. The standard InChI is InChI=1S/C20H28N2O4S/c1-21(2)11-16-17-12-22(13-20(17)9-8-18(16)26-20)19(23)10-14-4-6-15(7-5-14)27(3,24)25/h4-7,16-18H,8-13H2,1-3H3/t16-,17+,18+,20+/m1/s1. The van der Waals surface area contributed by atoms with Gasteiger partial charge in [-0.15, -0.1) is 0 Å². The van der Waals surface area contributed by atoms with E-state index in [9.17, 15) is 13.2 Å². The van der Waals surface area contributed by atoms with Crippen LogP contribution in [0.4, 0.5) is 0 Å². The number of fused-ring (bicyclic) bond motifs is 1. The van der Waals surface area contributed by atoms with Crippen molar-refractivity contribution in [3.05, 3.63) is 29.8 Å². The maximum atomic E-state index is 12.9. The lowest BCUT2D eigenvalue weighted by Gasteiger charge is -2.30. The molecule has 1 aromatic rings. The molecule has 6 nitrogen and oxygen atoms in total. The van der Waals surface area contributed by atoms with E-state index >= 15 is 0 Å². The van der Waals surface area contributed by atoms with Gasteiger partial charge < -0.3 is 14.5 Å². The highest BCUT2D eigenvalue weighted by Gasteiger charge is 2.63. The van der Waals surface area contributed by atoms with Gasteiger partial charge in [0.2, 0.25) is 5.91 Å². The predicted octanol–water partition coefficient (Wildman–Crippen LogP) is 1.20. The van der Waals surface area contributed by atoms with Gasteiger partial charge in [0.05, 0.1) is 29.6 Å². The Kier molecular flexibility index (Phi) is 4.60. The van der Waals surface area contributed by atoms with Gasteiger partial charge >= 0.3 is 0 Å². The van der Waals surface area contributed by atoms with Gasteiger partial charge in [0.15, 0.2) is 9.84 Å². The quantitative estimate of drug-likeness (QED) is 0.753. The van der Waals surface area contributed by atoms with Gasteiger partial charge in [0.1, 0.15) is 0 Å². The van der Waals surface area contributed by atoms with Crippen molar-refractivity contribution in [3.8, 4) is 0 Å². The molecular formula is C20H28N2O4S. The molecule has 7 heteroatoms. The molecule has 4 rings (SSSR count). The zero-order chi connectivity index (χ0) is 19.4. The number of carbonyl (C=O) groups excluding carboxylic acids is 1. The topological polar surface area (TPSA) is 66.9 Å². The van der Waals surface area contributed by atoms with Crippen LogP contribution in [0.2, 0.25) is 0 Å². The van der Waals surface area contributed by atoms with Crippen molar-refractivity contribution in [3.63, 3.8) is 0 Å². The summed E-state index contributed by atoms with van der Waals surface area (Å²) in [5, 5.41) is 0. The van der Waals surface area contributed by atoms with Crippen molar-refractivity contribution >= 4 is 15.7 Å². The zero-order valence-electron chi connectivity index (χ0n) is 16.2. The van der Waals surface area contributed by atoms with E-state index in [4.69, 9.17) is 4.74 Å². The monoisotopic (exact) mass is 392 g/mol. The SMILES string of the molecule is CN(C)C[C@H]1[C@@H]2CC[C@@]3(CN(C(=O)Cc4ccc(S(C)(=O)=O)cc4)C[C@@H]13)O2. The van der Waals surface area contributed by atoms with Crippen LogP contribution in [-0.4, -0.2) is 75.8 Å². The van der Waals surface area contributed by atoms with Gasteiger partial charge in [-0.2, -0.15) is 0 Å². The average Bonchev–Trinajstić information content (AvgIpc) is 3.24. The van der Waals surface area contributed by atoms with Crippen LogP contribution in [0.5, 0.6) is 0 Å². The average molecular weight is 393 g/mol. The summed E-state index contributed by atoms with van der Waals surface area (Å²) in [4.78, 5) is 17.3. The first-order valence-corrected chi connectivity index (χ1v) is 11.5. The van der Waals surface area contributed by atoms with Crippen molar-refractivity contribution in [1.29, 1.82) is 0 Å². The minimum absolute atomic E-state index is 0.0986. The second-order valence-corrected chi connectivity index (χ2v) is 10.7. The number of carbonyl (C=O) groups is 1. The molecule has 27 heavy (non-hydrogen) atoms. The highest BCUT2D eigenvalue weighted by Crippen LogP contribution is 2.54. The Labute approximate surface area is 161 Å². The highest BCUT2D eigenvalue weighted by molar-refractivity contribution is 7.90. The number of benzene rings is 1. The van der Waals surface area contributed by atoms with Crippen molar-refractivity contribution in [2.24, 2.45) is 11.8 Å². The molecule has 2 bridgehead atoms. The Bertz CT molecular complexity index is 836. The molecule has 0 aliphatic carbocycles. The van der Waals surface area contributed by atoms with Crippen molar-refractivity contribution in [2.45, 2.75) is 35.9 Å². The summed E-state index contributed by atoms with van der Waals surface area (Å²) in [5.41, 5.74) is 0.707. The lowest BCUT2D eigenvalue weighted by molar-refractivity contribution is -0.131. The number of nitrogens with zero attached hydrogens (tertiary/aromatic N) is 2. The molecule has 3 aliphatic heterocycles. The van der Waals surface area contributed by atoms with Crippen LogP contribution >= 0.6 is 0 Å². The second kappa shape index (κ2) is 6.57. The van der Waals surface area contributed by atoms with E-state index in [0.29, 0.717) is 30.9 Å². The van der Waals surface area contributed by atoms with E-state index < -0.39 is 9.84 Å². The summed E-state index contributed by atoms with van der Waals surface area (Å²) in [6.45, 7) is 2.47. The summed E-state index contributed by atoms with van der Waals surface area (Å²) in [5.74, 6) is 1.03. The minimum atomic E-state index is -3.21. The summed E-state index contributed by atoms with van der Waals surface area (Å²) in [7, 11) is 0.975. The number of likely N-dealkylation sites (tertiary alicyclic amines) is 1. The van der Waals surface area contributed by atoms with Crippen molar-refractivity contribution in [1.82, 2.24) is 9.80 Å². The van der Waals surface area contributed by atoms with Crippen LogP contribution in [0.3, 0.4) is 0 Å². The van der Waals surface area contributed by atoms with Gasteiger partial charge in [-0.3, -0.25) is 4.79 Å². The molecular weight excluding hydrogens is 364 g/mol. The molecule has 1 spiro atoms. The van der Waals surface area contributed by atoms with Crippen LogP contribution in [0.15, 0.2) is 29.2 Å². The Morgan fingerprint density at radius 1 is 1.30 bits per heavy atom. The molecule has 0 saturated carbocycles. The smallest absolute Gasteiger partial charge is 0.227 e.